The van der Waals surface area contributed by atoms with Crippen LogP contribution in [0.1, 0.15) is 55.4 Å². The number of hydrogen-bond acceptors (Lipinski definition) is 4. The highest BCUT2D eigenvalue weighted by atomic mass is 35.5. The Bertz CT molecular complexity index is 974. The van der Waals surface area contributed by atoms with Crippen LogP contribution in [-0.4, -0.2) is 52.9 Å². The summed E-state index contributed by atoms with van der Waals surface area (Å²) in [5, 5.41) is 20.4. The van der Waals surface area contributed by atoms with Gasteiger partial charge in [-0.3, -0.25) is 9.69 Å². The number of hydrogen-bond donors (Lipinski definition) is 2. The van der Waals surface area contributed by atoms with E-state index in [-0.39, 0.29) is 30.2 Å². The Morgan fingerprint density at radius 2 is 2.06 bits per heavy atom. The molecule has 1 unspecified atom stereocenters. The first-order valence-electron chi connectivity index (χ1n) is 11.7. The molecule has 1 heterocycles. The Kier molecular flexibility index (Phi) is 10.2. The van der Waals surface area contributed by atoms with Gasteiger partial charge >= 0.3 is 5.97 Å². The summed E-state index contributed by atoms with van der Waals surface area (Å²) in [7, 11) is 0. The molecule has 34 heavy (non-hydrogen) atoms. The fraction of sp³-hybridized carbons (Fsp3) is 0.500. The van der Waals surface area contributed by atoms with Crippen molar-refractivity contribution in [2.45, 2.75) is 63.7 Å². The van der Waals surface area contributed by atoms with Crippen molar-refractivity contribution in [2.75, 3.05) is 19.7 Å². The molecule has 186 valence electrons. The van der Waals surface area contributed by atoms with Gasteiger partial charge in [0, 0.05) is 24.0 Å². The van der Waals surface area contributed by atoms with E-state index in [9.17, 15) is 14.3 Å². The molecule has 2 aromatic rings. The number of aliphatic hydroxyl groups is 1. The zero-order valence-corrected chi connectivity index (χ0v) is 20.9. The number of carboxylic acid groups (broad SMARTS) is 1. The number of rotatable bonds is 12. The van der Waals surface area contributed by atoms with E-state index >= 15 is 0 Å². The van der Waals surface area contributed by atoms with Gasteiger partial charge in [-0.2, -0.15) is 0 Å². The number of aliphatic hydroxyl groups excluding tert-OH is 1. The highest BCUT2D eigenvalue weighted by Gasteiger charge is 2.27. The Balaban J connectivity index is 1.58. The molecule has 8 heteroatoms. The second-order valence-electron chi connectivity index (χ2n) is 8.83. The van der Waals surface area contributed by atoms with E-state index < -0.39 is 17.9 Å². The summed E-state index contributed by atoms with van der Waals surface area (Å²) in [4.78, 5) is 13.3. The van der Waals surface area contributed by atoms with Gasteiger partial charge in [-0.25, -0.2) is 4.39 Å². The lowest BCUT2D eigenvalue weighted by Gasteiger charge is -2.28. The maximum atomic E-state index is 13.8. The maximum Gasteiger partial charge on any atom is 0.303 e. The normalized spacial score (nSPS) is 18.2. The van der Waals surface area contributed by atoms with Gasteiger partial charge in [-0.15, -0.1) is 0 Å². The van der Waals surface area contributed by atoms with Crippen molar-refractivity contribution in [1.82, 2.24) is 4.90 Å². The molecule has 1 saturated heterocycles. The summed E-state index contributed by atoms with van der Waals surface area (Å²) in [5.41, 5.74) is 2.54. The molecule has 0 amide bonds. The van der Waals surface area contributed by atoms with Crippen LogP contribution in [0.2, 0.25) is 10.0 Å². The SMILES string of the molecule is CCC(OC[C@H](O)CN1CCC[C@H]1Cc1ccc(Cl)c(F)c1)c1cccc(Cl)c1CCC(=O)O. The van der Waals surface area contributed by atoms with Crippen molar-refractivity contribution in [1.29, 1.82) is 0 Å². The summed E-state index contributed by atoms with van der Waals surface area (Å²) in [6.07, 6.45) is 2.74. The van der Waals surface area contributed by atoms with Gasteiger partial charge in [-0.1, -0.05) is 48.3 Å². The Hall–Kier alpha value is -1.70. The number of β-amino-alcohol motifs (C(OH)–C–C–N with tert-alkyl or cyclic N) is 1. The lowest BCUT2D eigenvalue weighted by atomic mass is 9.97. The highest BCUT2D eigenvalue weighted by Crippen LogP contribution is 2.31. The van der Waals surface area contributed by atoms with Crippen LogP contribution in [0.5, 0.6) is 0 Å². The number of carboxylic acids is 1. The van der Waals surface area contributed by atoms with Crippen LogP contribution in [-0.2, 0) is 22.4 Å². The summed E-state index contributed by atoms with van der Waals surface area (Å²) in [5.74, 6) is -1.29. The summed E-state index contributed by atoms with van der Waals surface area (Å²) in [6, 6.07) is 10.6. The van der Waals surface area contributed by atoms with Crippen molar-refractivity contribution in [3.05, 3.63) is 69.0 Å². The van der Waals surface area contributed by atoms with Crippen molar-refractivity contribution in [3.63, 3.8) is 0 Å². The second-order valence-corrected chi connectivity index (χ2v) is 9.64. The molecule has 0 spiro atoms. The molecular weight excluding hydrogens is 480 g/mol. The van der Waals surface area contributed by atoms with Crippen LogP contribution in [0.25, 0.3) is 0 Å². The minimum atomic E-state index is -0.878. The molecule has 0 saturated carbocycles. The molecule has 1 fully saturated rings. The smallest absolute Gasteiger partial charge is 0.303 e. The minimum Gasteiger partial charge on any atom is -0.481 e. The van der Waals surface area contributed by atoms with Gasteiger partial charge in [0.15, 0.2) is 0 Å². The summed E-state index contributed by atoms with van der Waals surface area (Å²) in [6.45, 7) is 3.49. The summed E-state index contributed by atoms with van der Waals surface area (Å²) >= 11 is 12.2. The molecule has 1 aliphatic rings. The Morgan fingerprint density at radius 1 is 1.26 bits per heavy atom. The molecular formula is C26H32Cl2FNO4. The van der Waals surface area contributed by atoms with E-state index in [2.05, 4.69) is 4.90 Å². The predicted molar refractivity (Wildman–Crippen MR) is 132 cm³/mol. The fourth-order valence-corrected chi connectivity index (χ4v) is 5.05. The zero-order chi connectivity index (χ0) is 24.7. The van der Waals surface area contributed by atoms with Gasteiger partial charge < -0.3 is 14.9 Å². The molecule has 1 aliphatic heterocycles. The van der Waals surface area contributed by atoms with E-state index in [1.165, 1.54) is 6.07 Å². The Labute approximate surface area is 210 Å². The van der Waals surface area contributed by atoms with E-state index in [0.29, 0.717) is 30.8 Å². The van der Waals surface area contributed by atoms with E-state index in [1.54, 1.807) is 12.1 Å². The van der Waals surface area contributed by atoms with Crippen LogP contribution < -0.4 is 0 Å². The van der Waals surface area contributed by atoms with Gasteiger partial charge in [0.05, 0.1) is 23.8 Å². The van der Waals surface area contributed by atoms with Crippen molar-refractivity contribution >= 4 is 29.2 Å². The molecule has 2 aromatic carbocycles. The lowest BCUT2D eigenvalue weighted by molar-refractivity contribution is -0.136. The summed E-state index contributed by atoms with van der Waals surface area (Å²) < 4.78 is 19.9. The van der Waals surface area contributed by atoms with E-state index in [4.69, 9.17) is 33.0 Å². The molecule has 5 nitrogen and oxygen atoms in total. The van der Waals surface area contributed by atoms with Crippen LogP contribution >= 0.6 is 23.2 Å². The predicted octanol–water partition coefficient (Wildman–Crippen LogP) is 5.69. The molecule has 3 rings (SSSR count). The van der Waals surface area contributed by atoms with Crippen molar-refractivity contribution < 1.29 is 24.1 Å². The third-order valence-electron chi connectivity index (χ3n) is 6.35. The van der Waals surface area contributed by atoms with Crippen LogP contribution in [0.15, 0.2) is 36.4 Å². The second kappa shape index (κ2) is 12.8. The third-order valence-corrected chi connectivity index (χ3v) is 7.01. The van der Waals surface area contributed by atoms with Gasteiger partial charge in [0.25, 0.3) is 0 Å². The number of carbonyl (C=O) groups is 1. The number of nitrogens with zero attached hydrogens (tertiary/aromatic N) is 1. The van der Waals surface area contributed by atoms with Crippen molar-refractivity contribution in [3.8, 4) is 0 Å². The first-order valence-corrected chi connectivity index (χ1v) is 12.5. The standard InChI is InChI=1S/C26H32Cl2FNO4/c1-2-25(21-6-3-7-22(27)20(21)9-11-26(32)33)34-16-19(31)15-30-12-4-5-18(30)13-17-8-10-23(28)24(29)14-17/h3,6-8,10,14,18-19,25,31H,2,4-5,9,11-13,15-16H2,1H3,(H,32,33)/t18-,19+,25?/m0/s1. The average molecular weight is 512 g/mol. The van der Waals surface area contributed by atoms with E-state index in [0.717, 1.165) is 36.1 Å². The van der Waals surface area contributed by atoms with Crippen LogP contribution in [0, 0.1) is 5.82 Å². The minimum absolute atomic E-state index is 0.0103. The largest absolute Gasteiger partial charge is 0.481 e. The number of halogens is 3. The topological polar surface area (TPSA) is 70.0 Å². The first kappa shape index (κ1) is 26.9. The quantitative estimate of drug-likeness (QED) is 0.383. The molecule has 0 radical (unpaired) electrons. The number of aliphatic carboxylic acids is 1. The first-order chi connectivity index (χ1) is 16.3. The number of benzene rings is 2. The molecule has 0 bridgehead atoms. The van der Waals surface area contributed by atoms with Crippen LogP contribution in [0.3, 0.4) is 0 Å². The van der Waals surface area contributed by atoms with E-state index in [1.807, 2.05) is 25.1 Å². The maximum absolute atomic E-state index is 13.8. The van der Waals surface area contributed by atoms with Crippen molar-refractivity contribution in [2.24, 2.45) is 0 Å². The monoisotopic (exact) mass is 511 g/mol. The fourth-order valence-electron chi connectivity index (χ4n) is 4.66. The van der Waals surface area contributed by atoms with Gasteiger partial charge in [0.1, 0.15) is 5.82 Å². The van der Waals surface area contributed by atoms with Gasteiger partial charge in [-0.05, 0) is 73.5 Å². The zero-order valence-electron chi connectivity index (χ0n) is 19.4. The number of likely N-dealkylation sites (tertiary alicyclic amines) is 1. The molecule has 2 N–H and O–H groups in total. The molecule has 0 aromatic heterocycles. The number of ether oxygens (including phenoxy) is 1. The lowest BCUT2D eigenvalue weighted by Crippen LogP contribution is -2.39. The third kappa shape index (κ3) is 7.40. The molecule has 0 aliphatic carbocycles. The van der Waals surface area contributed by atoms with Crippen LogP contribution in [0.4, 0.5) is 4.39 Å². The molecule has 3 atom stereocenters. The highest BCUT2D eigenvalue weighted by molar-refractivity contribution is 6.31. The Morgan fingerprint density at radius 3 is 2.76 bits per heavy atom. The van der Waals surface area contributed by atoms with Gasteiger partial charge in [0.2, 0.25) is 0 Å². The average Bonchev–Trinajstić information content (AvgIpc) is 3.22.